The van der Waals surface area contributed by atoms with Crippen molar-refractivity contribution in [1.82, 2.24) is 0 Å². The van der Waals surface area contributed by atoms with Crippen molar-refractivity contribution < 1.29 is 52.3 Å². The Bertz CT molecular complexity index is 18.4. The summed E-state index contributed by atoms with van der Waals surface area (Å²) in [5.74, 6) is 0. The van der Waals surface area contributed by atoms with E-state index in [1.54, 1.807) is 0 Å². The van der Waals surface area contributed by atoms with Crippen LogP contribution in [0.2, 0.25) is 0 Å². The van der Waals surface area contributed by atoms with Gasteiger partial charge in [0.05, 0.1) is 0 Å². The Hall–Kier alpha value is 1.20. The van der Waals surface area contributed by atoms with Crippen LogP contribution in [0.5, 0.6) is 0 Å². The summed E-state index contributed by atoms with van der Waals surface area (Å²) >= 11 is 0. The van der Waals surface area contributed by atoms with Gasteiger partial charge in [-0.15, -0.1) is 0 Å². The monoisotopic (exact) mass is 84.0 g/mol. The molecule has 2 radical (unpaired) electrons. The molecule has 0 aliphatic rings. The van der Waals surface area contributed by atoms with E-state index in [2.05, 4.69) is 4.57 Å². The molecule has 0 aliphatic heterocycles. The summed E-state index contributed by atoms with van der Waals surface area (Å²) in [5, 5.41) is 17.9. The molecular weight excluding hydrogens is 83.5 g/mol. The van der Waals surface area contributed by atoms with Gasteiger partial charge in [-0.3, -0.25) is 0 Å². The van der Waals surface area contributed by atoms with Crippen molar-refractivity contribution >= 4 is 15.4 Å². The smallest absolute Gasteiger partial charge is 0.863 e. The van der Waals surface area contributed by atoms with E-state index in [1.165, 1.54) is 0 Å². The standard InChI is InChI=1S/B2O3.2Li/c3-1-5-2-4;;/q-2;2*+1. The van der Waals surface area contributed by atoms with E-state index < -0.39 is 0 Å². The molecule has 0 unspecified atom stereocenters. The van der Waals surface area contributed by atoms with E-state index >= 15 is 0 Å². The molecule has 0 aromatic carbocycles. The van der Waals surface area contributed by atoms with Gasteiger partial charge < -0.3 is 14.6 Å². The van der Waals surface area contributed by atoms with Crippen molar-refractivity contribution in [3.63, 3.8) is 0 Å². The first-order valence-corrected chi connectivity index (χ1v) is 0.943. The van der Waals surface area contributed by atoms with Crippen LogP contribution in [-0.2, 0) is 4.57 Å². The Labute approximate surface area is 67.8 Å². The van der Waals surface area contributed by atoms with Gasteiger partial charge in [0.25, 0.3) is 0 Å². The first-order chi connectivity index (χ1) is 2.41. The summed E-state index contributed by atoms with van der Waals surface area (Å²) in [6, 6.07) is 0. The van der Waals surface area contributed by atoms with Gasteiger partial charge in [0, 0.05) is 0 Å². The number of hydrogen-bond donors (Lipinski definition) is 0. The predicted octanol–water partition coefficient (Wildman–Crippen LogP) is -9.20. The second-order valence-electron chi connectivity index (χ2n) is 0.329. The molecule has 0 saturated carbocycles. The largest absolute Gasteiger partial charge is 1.00 e. The second kappa shape index (κ2) is 15.7. The Kier molecular flexibility index (Phi) is 35.2. The van der Waals surface area contributed by atoms with Gasteiger partial charge >= 0.3 is 37.7 Å². The maximum atomic E-state index is 8.95. The minimum absolute atomic E-state index is 0. The summed E-state index contributed by atoms with van der Waals surface area (Å²) in [4.78, 5) is 0. The second-order valence-corrected chi connectivity index (χ2v) is 0.329. The molecule has 0 aromatic rings. The summed E-state index contributed by atoms with van der Waals surface area (Å²) in [6.07, 6.45) is 0. The zero-order valence-corrected chi connectivity index (χ0v) is 4.38. The molecule has 26 valence electrons. The van der Waals surface area contributed by atoms with Gasteiger partial charge in [-0.2, -0.15) is 0 Å². The summed E-state index contributed by atoms with van der Waals surface area (Å²) in [7, 11) is 0.125. The van der Waals surface area contributed by atoms with E-state index in [1.807, 2.05) is 0 Å². The third kappa shape index (κ3) is 19.0. The van der Waals surface area contributed by atoms with Gasteiger partial charge in [0.15, 0.2) is 0 Å². The fraction of sp³-hybridized carbons (Fsp3) is 0. The Balaban J connectivity index is -0.0000000800. The van der Waals surface area contributed by atoms with Crippen molar-refractivity contribution in [2.45, 2.75) is 0 Å². The third-order valence-electron chi connectivity index (χ3n) is 0.111. The van der Waals surface area contributed by atoms with E-state index in [9.17, 15) is 0 Å². The quantitative estimate of drug-likeness (QED) is 0.312. The van der Waals surface area contributed by atoms with Crippen molar-refractivity contribution in [2.24, 2.45) is 0 Å². The zero-order valence-electron chi connectivity index (χ0n) is 4.38. The maximum absolute atomic E-state index is 8.95. The maximum Gasteiger partial charge on any atom is 1.00 e. The van der Waals surface area contributed by atoms with Crippen LogP contribution in [0.3, 0.4) is 0 Å². The normalized spacial score (nSPS) is 4.86. The molecule has 7 heteroatoms. The molecule has 7 heavy (non-hydrogen) atoms. The Morgan fingerprint density at radius 2 is 1.29 bits per heavy atom. The number of rotatable bonds is 2. The van der Waals surface area contributed by atoms with Crippen LogP contribution in [0.4, 0.5) is 0 Å². The molecule has 0 fully saturated rings. The van der Waals surface area contributed by atoms with Crippen LogP contribution in [0.25, 0.3) is 0 Å². The van der Waals surface area contributed by atoms with Gasteiger partial charge in [0.2, 0.25) is 0 Å². The van der Waals surface area contributed by atoms with E-state index in [4.69, 9.17) is 10.0 Å². The molecule has 0 spiro atoms. The molecule has 0 N–H and O–H groups in total. The topological polar surface area (TPSA) is 55.3 Å². The van der Waals surface area contributed by atoms with Gasteiger partial charge in [0.1, 0.15) is 15.4 Å². The summed E-state index contributed by atoms with van der Waals surface area (Å²) in [5.41, 5.74) is 0. The summed E-state index contributed by atoms with van der Waals surface area (Å²) in [6.45, 7) is 0. The minimum Gasteiger partial charge on any atom is -0.863 e. The molecule has 3 nitrogen and oxygen atoms in total. The van der Waals surface area contributed by atoms with Gasteiger partial charge in [-0.05, 0) is 0 Å². The number of hydrogen-bond acceptors (Lipinski definition) is 3. The van der Waals surface area contributed by atoms with E-state index in [0.29, 0.717) is 0 Å². The first kappa shape index (κ1) is 15.7. The van der Waals surface area contributed by atoms with Crippen LogP contribution >= 0.6 is 0 Å². The first-order valence-electron chi connectivity index (χ1n) is 0.943. The Morgan fingerprint density at radius 3 is 1.29 bits per heavy atom. The molecule has 0 saturated heterocycles. The van der Waals surface area contributed by atoms with Crippen molar-refractivity contribution in [3.8, 4) is 0 Å². The molecule has 0 rings (SSSR count). The zero-order chi connectivity index (χ0) is 4.12. The SMILES string of the molecule is [Li+].[Li+].[O-][B]O[B][O-]. The molecule has 0 heterocycles. The van der Waals surface area contributed by atoms with Gasteiger partial charge in [-0.1, -0.05) is 0 Å². The molecular formula is B2Li2O3. The van der Waals surface area contributed by atoms with Crippen LogP contribution < -0.4 is 47.8 Å². The molecule has 0 atom stereocenters. The third-order valence-corrected chi connectivity index (χ3v) is 0.111. The van der Waals surface area contributed by atoms with Crippen LogP contribution in [0.15, 0.2) is 0 Å². The van der Waals surface area contributed by atoms with E-state index in [0.717, 1.165) is 0 Å². The minimum atomic E-state index is 0. The Morgan fingerprint density at radius 1 is 1.00 bits per heavy atom. The van der Waals surface area contributed by atoms with Gasteiger partial charge in [-0.25, -0.2) is 0 Å². The fourth-order valence-electron chi connectivity index (χ4n) is 0.0227. The van der Waals surface area contributed by atoms with E-state index in [-0.39, 0.29) is 53.1 Å². The molecule has 0 amide bonds. The molecule has 0 aromatic heterocycles. The van der Waals surface area contributed by atoms with Crippen LogP contribution in [0.1, 0.15) is 0 Å². The van der Waals surface area contributed by atoms with Crippen molar-refractivity contribution in [3.05, 3.63) is 0 Å². The van der Waals surface area contributed by atoms with Crippen molar-refractivity contribution in [1.29, 1.82) is 0 Å². The predicted molar refractivity (Wildman–Crippen MR) is 12.6 cm³/mol. The average molecular weight is 83.5 g/mol. The average Bonchev–Trinajstić information content (AvgIpc) is 1.41. The molecule has 0 aliphatic carbocycles. The van der Waals surface area contributed by atoms with Crippen LogP contribution in [-0.4, -0.2) is 15.4 Å². The fourth-order valence-corrected chi connectivity index (χ4v) is 0.0227. The molecule has 0 bridgehead atoms. The van der Waals surface area contributed by atoms with Crippen LogP contribution in [0, 0.1) is 0 Å². The summed E-state index contributed by atoms with van der Waals surface area (Å²) < 4.78 is 3.47. The van der Waals surface area contributed by atoms with Crippen molar-refractivity contribution in [2.75, 3.05) is 0 Å².